The van der Waals surface area contributed by atoms with Gasteiger partial charge in [0.1, 0.15) is 5.75 Å². The van der Waals surface area contributed by atoms with Crippen molar-refractivity contribution in [3.8, 4) is 5.75 Å². The number of amides is 1. The third kappa shape index (κ3) is 1.75. The van der Waals surface area contributed by atoms with E-state index in [1.54, 1.807) is 12.1 Å². The van der Waals surface area contributed by atoms with E-state index < -0.39 is 5.91 Å². The summed E-state index contributed by atoms with van der Waals surface area (Å²) < 4.78 is 5.39. The van der Waals surface area contributed by atoms with Crippen LogP contribution < -0.4 is 9.92 Å². The highest BCUT2D eigenvalue weighted by atomic mass is 32.2. The lowest BCUT2D eigenvalue weighted by atomic mass is 10.1. The molecule has 2 rings (SSSR count). The van der Waals surface area contributed by atoms with Gasteiger partial charge < -0.3 is 9.92 Å². The molecule has 3 nitrogen and oxygen atoms in total. The summed E-state index contributed by atoms with van der Waals surface area (Å²) in [6.07, 6.45) is 3.99. The van der Waals surface area contributed by atoms with Gasteiger partial charge in [0.15, 0.2) is 0 Å². The van der Waals surface area contributed by atoms with E-state index in [1.807, 2.05) is 18.2 Å². The van der Waals surface area contributed by atoms with Gasteiger partial charge in [0.25, 0.3) is 0 Å². The zero-order chi connectivity index (χ0) is 9.97. The molecule has 0 atom stereocenters. The second-order valence-electron chi connectivity index (χ2n) is 2.89. The molecule has 0 fully saturated rings. The first-order valence-corrected chi connectivity index (χ1v) is 5.08. The van der Waals surface area contributed by atoms with Crippen LogP contribution in [0.1, 0.15) is 15.9 Å². The molecule has 14 heavy (non-hydrogen) atoms. The van der Waals surface area contributed by atoms with Crippen LogP contribution in [0.3, 0.4) is 0 Å². The Labute approximate surface area is 86.1 Å². The second kappa shape index (κ2) is 3.75. The van der Waals surface area contributed by atoms with Crippen LogP contribution in [0.25, 0.3) is 6.08 Å². The predicted molar refractivity (Wildman–Crippen MR) is 57.1 cm³/mol. The van der Waals surface area contributed by atoms with E-state index in [0.29, 0.717) is 11.3 Å². The molecule has 1 amide bonds. The lowest BCUT2D eigenvalue weighted by Crippen LogP contribution is -2.10. The number of rotatable bonds is 1. The van der Waals surface area contributed by atoms with Crippen molar-refractivity contribution >= 4 is 24.0 Å². The minimum Gasteiger partial charge on any atom is -0.425 e. The molecule has 1 heterocycles. The van der Waals surface area contributed by atoms with Gasteiger partial charge in [-0.3, -0.25) is 4.79 Å². The van der Waals surface area contributed by atoms with Crippen molar-refractivity contribution < 1.29 is 8.98 Å². The van der Waals surface area contributed by atoms with E-state index in [2.05, 4.69) is 0 Å². The van der Waals surface area contributed by atoms with E-state index in [9.17, 15) is 4.79 Å². The molecule has 1 aliphatic rings. The van der Waals surface area contributed by atoms with E-state index in [0.717, 1.165) is 11.3 Å². The third-order valence-electron chi connectivity index (χ3n) is 1.91. The normalized spacial score (nSPS) is 14.0. The van der Waals surface area contributed by atoms with E-state index in [1.165, 1.54) is 12.0 Å². The molecule has 1 aromatic carbocycles. The van der Waals surface area contributed by atoms with Crippen LogP contribution in [0.2, 0.25) is 0 Å². The van der Waals surface area contributed by atoms with E-state index >= 15 is 0 Å². The smallest absolute Gasteiger partial charge is 0.248 e. The maximum Gasteiger partial charge on any atom is 0.248 e. The average molecular weight is 207 g/mol. The summed E-state index contributed by atoms with van der Waals surface area (Å²) in [5.74, 6) is 1.07. The zero-order valence-corrected chi connectivity index (χ0v) is 8.21. The molecule has 4 heteroatoms. The van der Waals surface area contributed by atoms with Crippen molar-refractivity contribution in [2.24, 2.45) is 5.73 Å². The van der Waals surface area contributed by atoms with Gasteiger partial charge >= 0.3 is 0 Å². The molecule has 0 saturated carbocycles. The predicted octanol–water partition coefficient (Wildman–Crippen LogP) is 1.84. The van der Waals surface area contributed by atoms with E-state index in [4.69, 9.17) is 9.92 Å². The van der Waals surface area contributed by atoms with Gasteiger partial charge in [-0.05, 0) is 12.1 Å². The number of carbonyl (C=O) groups is 1. The molecule has 0 unspecified atom stereocenters. The van der Waals surface area contributed by atoms with Crippen molar-refractivity contribution in [3.05, 3.63) is 35.4 Å². The number of hydrogen-bond donors (Lipinski definition) is 1. The molecular weight excluding hydrogens is 198 g/mol. The van der Waals surface area contributed by atoms with Gasteiger partial charge in [-0.2, -0.15) is 0 Å². The lowest BCUT2D eigenvalue weighted by Gasteiger charge is -2.05. The fourth-order valence-corrected chi connectivity index (χ4v) is 1.72. The Bertz CT molecular complexity index is 401. The van der Waals surface area contributed by atoms with Gasteiger partial charge in [-0.1, -0.05) is 18.2 Å². The maximum absolute atomic E-state index is 10.9. The quantitative estimate of drug-likeness (QED) is 0.715. The number of nitrogens with two attached hydrogens (primary N) is 1. The molecular formula is C10H9NO2S. The standard InChI is InChI=1S/C10H9NO2S/c11-10(12)8-4-3-7-2-1-5-14-13-9(7)6-8/h1-4,6H,5H2,(H2,11,12). The van der Waals surface area contributed by atoms with Gasteiger partial charge in [0, 0.05) is 11.1 Å². The Balaban J connectivity index is 2.44. The summed E-state index contributed by atoms with van der Waals surface area (Å²) in [4.78, 5) is 10.9. The van der Waals surface area contributed by atoms with Crippen LogP contribution in [-0.4, -0.2) is 11.7 Å². The molecule has 1 aliphatic heterocycles. The topological polar surface area (TPSA) is 52.3 Å². The van der Waals surface area contributed by atoms with Crippen LogP contribution in [0.5, 0.6) is 5.75 Å². The number of fused-ring (bicyclic) bond motifs is 1. The summed E-state index contributed by atoms with van der Waals surface area (Å²) in [6.45, 7) is 0. The van der Waals surface area contributed by atoms with Crippen LogP contribution in [0.4, 0.5) is 0 Å². The molecule has 1 aromatic rings. The number of benzene rings is 1. The van der Waals surface area contributed by atoms with Crippen LogP contribution in [0, 0.1) is 0 Å². The molecule has 0 bridgehead atoms. The zero-order valence-electron chi connectivity index (χ0n) is 7.40. The first kappa shape index (κ1) is 9.15. The summed E-state index contributed by atoms with van der Waals surface area (Å²) in [6, 6.07) is 5.20. The number of primary amides is 1. The summed E-state index contributed by atoms with van der Waals surface area (Å²) in [5.41, 5.74) is 6.61. The average Bonchev–Trinajstić information content (AvgIpc) is 2.41. The van der Waals surface area contributed by atoms with Crippen molar-refractivity contribution in [1.29, 1.82) is 0 Å². The summed E-state index contributed by atoms with van der Waals surface area (Å²) >= 11 is 1.34. The Kier molecular flexibility index (Phi) is 2.45. The number of hydrogen-bond acceptors (Lipinski definition) is 3. The Morgan fingerprint density at radius 1 is 1.50 bits per heavy atom. The SMILES string of the molecule is NC(=O)c1ccc2c(c1)OSCC=C2. The molecule has 2 N–H and O–H groups in total. The number of carbonyl (C=O) groups excluding carboxylic acids is 1. The maximum atomic E-state index is 10.9. The lowest BCUT2D eigenvalue weighted by molar-refractivity contribution is 0.1000. The summed E-state index contributed by atoms with van der Waals surface area (Å²) in [5, 5.41) is 0. The van der Waals surface area contributed by atoms with Crippen LogP contribution in [-0.2, 0) is 0 Å². The van der Waals surface area contributed by atoms with Gasteiger partial charge in [-0.15, -0.1) is 0 Å². The first-order valence-electron chi connectivity index (χ1n) is 4.17. The Morgan fingerprint density at radius 3 is 3.14 bits per heavy atom. The van der Waals surface area contributed by atoms with E-state index in [-0.39, 0.29) is 0 Å². The van der Waals surface area contributed by atoms with Crippen molar-refractivity contribution in [2.75, 3.05) is 5.75 Å². The largest absolute Gasteiger partial charge is 0.425 e. The third-order valence-corrected chi connectivity index (χ3v) is 2.53. The molecule has 0 aliphatic carbocycles. The van der Waals surface area contributed by atoms with Gasteiger partial charge in [0.2, 0.25) is 5.91 Å². The highest BCUT2D eigenvalue weighted by Crippen LogP contribution is 2.27. The van der Waals surface area contributed by atoms with Gasteiger partial charge in [0.05, 0.1) is 17.8 Å². The fraction of sp³-hybridized carbons (Fsp3) is 0.100. The first-order chi connectivity index (χ1) is 6.77. The highest BCUT2D eigenvalue weighted by Gasteiger charge is 2.08. The Hall–Kier alpha value is -1.42. The van der Waals surface area contributed by atoms with Crippen LogP contribution >= 0.6 is 12.0 Å². The monoisotopic (exact) mass is 207 g/mol. The summed E-state index contributed by atoms with van der Waals surface area (Å²) in [7, 11) is 0. The second-order valence-corrected chi connectivity index (χ2v) is 3.62. The fourth-order valence-electron chi connectivity index (χ4n) is 1.21. The highest BCUT2D eigenvalue weighted by molar-refractivity contribution is 7.95. The van der Waals surface area contributed by atoms with Crippen molar-refractivity contribution in [2.45, 2.75) is 0 Å². The minimum atomic E-state index is -0.436. The molecule has 0 aromatic heterocycles. The molecule has 72 valence electrons. The molecule has 0 radical (unpaired) electrons. The minimum absolute atomic E-state index is 0.436. The molecule has 0 spiro atoms. The van der Waals surface area contributed by atoms with Gasteiger partial charge in [-0.25, -0.2) is 0 Å². The van der Waals surface area contributed by atoms with Crippen molar-refractivity contribution in [3.63, 3.8) is 0 Å². The Morgan fingerprint density at radius 2 is 2.36 bits per heavy atom. The molecule has 0 saturated heterocycles. The van der Waals surface area contributed by atoms with Crippen molar-refractivity contribution in [1.82, 2.24) is 0 Å². The van der Waals surface area contributed by atoms with Crippen LogP contribution in [0.15, 0.2) is 24.3 Å².